The summed E-state index contributed by atoms with van der Waals surface area (Å²) in [5.74, 6) is -0.357. The molecule has 31 heavy (non-hydrogen) atoms. The van der Waals surface area contributed by atoms with Crippen molar-refractivity contribution in [2.75, 3.05) is 7.11 Å². The molecule has 2 heterocycles. The van der Waals surface area contributed by atoms with Crippen LogP contribution in [0.4, 0.5) is 0 Å². The maximum absolute atomic E-state index is 11.7. The highest BCUT2D eigenvalue weighted by atomic mass is 16.7. The van der Waals surface area contributed by atoms with Gasteiger partial charge in [-0.05, 0) is 24.6 Å². The molecule has 2 aromatic carbocycles. The zero-order valence-corrected chi connectivity index (χ0v) is 17.1. The van der Waals surface area contributed by atoms with Crippen LogP contribution in [0.3, 0.4) is 0 Å². The van der Waals surface area contributed by atoms with E-state index in [2.05, 4.69) is 4.98 Å². The molecule has 5 atom stereocenters. The number of carbonyl (C=O) groups excluding carboxylic acids is 1. The molecule has 1 aliphatic rings. The van der Waals surface area contributed by atoms with Crippen molar-refractivity contribution in [2.24, 2.45) is 0 Å². The van der Waals surface area contributed by atoms with Gasteiger partial charge in [0.05, 0.1) is 48.3 Å². The number of methoxy groups -OCH3 is 1. The number of aliphatic hydroxyl groups excluding tert-OH is 3. The van der Waals surface area contributed by atoms with Gasteiger partial charge in [-0.2, -0.15) is 0 Å². The molecule has 0 aliphatic carbocycles. The molecular weight excluding hydrogens is 404 g/mol. The van der Waals surface area contributed by atoms with Crippen LogP contribution in [0, 0.1) is 0 Å². The number of benzene rings is 2. The van der Waals surface area contributed by atoms with Gasteiger partial charge in [-0.1, -0.05) is 24.3 Å². The SMILES string of the molecule is COC(=O)Cc1cccc2nc3c(COC4OC(C)C(O)C(O)C4O)cccc3nc12. The minimum absolute atomic E-state index is 0.0522. The highest BCUT2D eigenvalue weighted by Crippen LogP contribution is 2.26. The van der Waals surface area contributed by atoms with Gasteiger partial charge in [0.15, 0.2) is 6.29 Å². The Bertz CT molecular complexity index is 1110. The molecule has 5 unspecified atom stereocenters. The summed E-state index contributed by atoms with van der Waals surface area (Å²) in [6, 6.07) is 10.9. The van der Waals surface area contributed by atoms with Crippen LogP contribution in [0.25, 0.3) is 22.1 Å². The van der Waals surface area contributed by atoms with Gasteiger partial charge in [-0.25, -0.2) is 9.97 Å². The van der Waals surface area contributed by atoms with Crippen molar-refractivity contribution in [3.8, 4) is 0 Å². The largest absolute Gasteiger partial charge is 0.469 e. The predicted octanol–water partition coefficient (Wildman–Crippen LogP) is 0.843. The third-order valence-electron chi connectivity index (χ3n) is 5.44. The van der Waals surface area contributed by atoms with Gasteiger partial charge in [0, 0.05) is 5.56 Å². The van der Waals surface area contributed by atoms with Crippen LogP contribution < -0.4 is 0 Å². The summed E-state index contributed by atoms with van der Waals surface area (Å²) in [7, 11) is 1.34. The number of nitrogens with zero attached hydrogens (tertiary/aromatic N) is 2. The van der Waals surface area contributed by atoms with Crippen LogP contribution in [-0.4, -0.2) is 69.1 Å². The van der Waals surface area contributed by atoms with E-state index in [1.807, 2.05) is 30.3 Å². The first-order valence-corrected chi connectivity index (χ1v) is 9.94. The quantitative estimate of drug-likeness (QED) is 0.400. The Kier molecular flexibility index (Phi) is 6.12. The summed E-state index contributed by atoms with van der Waals surface area (Å²) < 4.78 is 16.0. The molecule has 9 nitrogen and oxygen atoms in total. The lowest BCUT2D eigenvalue weighted by Crippen LogP contribution is -2.57. The first-order chi connectivity index (χ1) is 14.9. The van der Waals surface area contributed by atoms with Crippen molar-refractivity contribution in [3.05, 3.63) is 47.5 Å². The maximum atomic E-state index is 11.7. The average Bonchev–Trinajstić information content (AvgIpc) is 2.78. The Morgan fingerprint density at radius 2 is 1.58 bits per heavy atom. The molecule has 3 N–H and O–H groups in total. The molecular formula is C22H24N2O7. The number of aromatic nitrogens is 2. The zero-order chi connectivity index (χ0) is 22.1. The van der Waals surface area contributed by atoms with Gasteiger partial charge in [0.2, 0.25) is 0 Å². The standard InChI is InChI=1S/C22H24N2O7/c1-11-19(26)20(27)21(28)22(31-11)30-10-13-6-4-8-15-18(13)24-14-7-3-5-12(17(14)23-15)9-16(25)29-2/h3-8,11,19-22,26-28H,9-10H2,1-2H3. The van der Waals surface area contributed by atoms with Crippen LogP contribution in [0.15, 0.2) is 36.4 Å². The molecule has 4 rings (SSSR count). The van der Waals surface area contributed by atoms with E-state index in [0.717, 1.165) is 5.56 Å². The lowest BCUT2D eigenvalue weighted by Gasteiger charge is -2.38. The second-order valence-corrected chi connectivity index (χ2v) is 7.54. The van der Waals surface area contributed by atoms with Crippen LogP contribution >= 0.6 is 0 Å². The molecule has 1 fully saturated rings. The Morgan fingerprint density at radius 3 is 2.23 bits per heavy atom. The summed E-state index contributed by atoms with van der Waals surface area (Å²) in [4.78, 5) is 21.1. The van der Waals surface area contributed by atoms with Crippen molar-refractivity contribution >= 4 is 28.0 Å². The van der Waals surface area contributed by atoms with E-state index in [-0.39, 0.29) is 19.0 Å². The van der Waals surface area contributed by atoms with E-state index in [4.69, 9.17) is 19.2 Å². The molecule has 0 spiro atoms. The van der Waals surface area contributed by atoms with Gasteiger partial charge < -0.3 is 29.5 Å². The normalized spacial score (nSPS) is 26.3. The summed E-state index contributed by atoms with van der Waals surface area (Å²) >= 11 is 0. The number of ether oxygens (including phenoxy) is 3. The van der Waals surface area contributed by atoms with Crippen molar-refractivity contribution in [1.82, 2.24) is 9.97 Å². The molecule has 1 aliphatic heterocycles. The smallest absolute Gasteiger partial charge is 0.310 e. The third-order valence-corrected chi connectivity index (χ3v) is 5.44. The van der Waals surface area contributed by atoms with Crippen LogP contribution in [-0.2, 0) is 32.0 Å². The Labute approximate surface area is 178 Å². The highest BCUT2D eigenvalue weighted by Gasteiger charge is 2.42. The predicted molar refractivity (Wildman–Crippen MR) is 110 cm³/mol. The summed E-state index contributed by atoms with van der Waals surface area (Å²) in [6.45, 7) is 1.65. The van der Waals surface area contributed by atoms with Crippen LogP contribution in [0.1, 0.15) is 18.1 Å². The fraction of sp³-hybridized carbons (Fsp3) is 0.409. The lowest BCUT2D eigenvalue weighted by molar-refractivity contribution is -0.296. The number of rotatable bonds is 5. The molecule has 3 aromatic rings. The van der Waals surface area contributed by atoms with E-state index >= 15 is 0 Å². The minimum Gasteiger partial charge on any atom is -0.469 e. The first-order valence-electron chi connectivity index (χ1n) is 9.94. The van der Waals surface area contributed by atoms with Crippen molar-refractivity contribution < 1.29 is 34.3 Å². The molecule has 1 saturated heterocycles. The number of esters is 1. The summed E-state index contributed by atoms with van der Waals surface area (Å²) in [5, 5.41) is 29.9. The second-order valence-electron chi connectivity index (χ2n) is 7.54. The van der Waals surface area contributed by atoms with E-state index < -0.39 is 30.7 Å². The van der Waals surface area contributed by atoms with Crippen molar-refractivity contribution in [2.45, 2.75) is 50.7 Å². The monoisotopic (exact) mass is 428 g/mol. The lowest BCUT2D eigenvalue weighted by atomic mass is 10.00. The van der Waals surface area contributed by atoms with E-state index in [1.165, 1.54) is 7.11 Å². The van der Waals surface area contributed by atoms with Gasteiger partial charge in [-0.15, -0.1) is 0 Å². The molecule has 0 saturated carbocycles. The zero-order valence-electron chi connectivity index (χ0n) is 17.1. The minimum atomic E-state index is -1.38. The maximum Gasteiger partial charge on any atom is 0.310 e. The van der Waals surface area contributed by atoms with Gasteiger partial charge >= 0.3 is 5.97 Å². The van der Waals surface area contributed by atoms with Crippen molar-refractivity contribution in [3.63, 3.8) is 0 Å². The molecule has 0 amide bonds. The fourth-order valence-electron chi connectivity index (χ4n) is 3.64. The Morgan fingerprint density at radius 1 is 0.968 bits per heavy atom. The highest BCUT2D eigenvalue weighted by molar-refractivity contribution is 5.91. The summed E-state index contributed by atoms with van der Waals surface area (Å²) in [6.07, 6.45) is -5.62. The molecule has 0 bridgehead atoms. The number of hydrogen-bond acceptors (Lipinski definition) is 9. The fourth-order valence-corrected chi connectivity index (χ4v) is 3.64. The molecule has 164 valence electrons. The number of para-hydroxylation sites is 2. The number of hydrogen-bond donors (Lipinski definition) is 3. The first kappa shape index (κ1) is 21.5. The second kappa shape index (κ2) is 8.81. The number of fused-ring (bicyclic) bond motifs is 2. The third kappa shape index (κ3) is 4.23. The number of carbonyl (C=O) groups is 1. The van der Waals surface area contributed by atoms with Crippen LogP contribution in [0.5, 0.6) is 0 Å². The summed E-state index contributed by atoms with van der Waals surface area (Å²) in [5.41, 5.74) is 3.93. The van der Waals surface area contributed by atoms with Crippen molar-refractivity contribution in [1.29, 1.82) is 0 Å². The van der Waals surface area contributed by atoms with Gasteiger partial charge in [0.1, 0.15) is 18.3 Å². The van der Waals surface area contributed by atoms with Crippen LogP contribution in [0.2, 0.25) is 0 Å². The topological polar surface area (TPSA) is 131 Å². The van der Waals surface area contributed by atoms with Gasteiger partial charge in [-0.3, -0.25) is 4.79 Å². The molecule has 1 aromatic heterocycles. The Hall–Kier alpha value is -2.69. The molecule has 9 heteroatoms. The average molecular weight is 428 g/mol. The van der Waals surface area contributed by atoms with E-state index in [0.29, 0.717) is 27.6 Å². The van der Waals surface area contributed by atoms with E-state index in [9.17, 15) is 20.1 Å². The molecule has 0 radical (unpaired) electrons. The Balaban J connectivity index is 1.63. The number of aliphatic hydroxyl groups is 3. The van der Waals surface area contributed by atoms with Gasteiger partial charge in [0.25, 0.3) is 0 Å². The van der Waals surface area contributed by atoms with E-state index in [1.54, 1.807) is 13.0 Å².